The summed E-state index contributed by atoms with van der Waals surface area (Å²) in [4.78, 5) is 12.7. The minimum atomic E-state index is -0.0978. The predicted octanol–water partition coefficient (Wildman–Crippen LogP) is 2.93. The highest BCUT2D eigenvalue weighted by Gasteiger charge is 2.34. The molecule has 0 radical (unpaired) electrons. The summed E-state index contributed by atoms with van der Waals surface area (Å²) < 4.78 is 21.4. The van der Waals surface area contributed by atoms with E-state index in [9.17, 15) is 4.79 Å². The van der Waals surface area contributed by atoms with E-state index in [-0.39, 0.29) is 5.78 Å². The van der Waals surface area contributed by atoms with Crippen molar-refractivity contribution in [3.05, 3.63) is 35.4 Å². The molecule has 5 nitrogen and oxygen atoms in total. The topological polar surface area (TPSA) is 54.0 Å². The maximum atomic E-state index is 12.7. The highest BCUT2D eigenvalue weighted by molar-refractivity contribution is 6.24. The Morgan fingerprint density at radius 2 is 1.05 bits per heavy atom. The molecule has 1 aliphatic rings. The Kier molecular flexibility index (Phi) is 3.41. The lowest BCUT2D eigenvalue weighted by atomic mass is 10.0. The van der Waals surface area contributed by atoms with Crippen LogP contribution in [0.1, 0.15) is 15.9 Å². The van der Waals surface area contributed by atoms with Crippen molar-refractivity contribution < 1.29 is 23.7 Å². The number of carbonyl (C=O) groups is 1. The molecule has 0 aliphatic heterocycles. The van der Waals surface area contributed by atoms with Crippen molar-refractivity contribution in [2.75, 3.05) is 28.4 Å². The molecule has 0 heterocycles. The van der Waals surface area contributed by atoms with Gasteiger partial charge >= 0.3 is 0 Å². The largest absolute Gasteiger partial charge is 0.497 e. The van der Waals surface area contributed by atoms with Gasteiger partial charge in [-0.2, -0.15) is 0 Å². The zero-order chi connectivity index (χ0) is 15.9. The third-order valence-corrected chi connectivity index (χ3v) is 3.80. The molecule has 0 unspecified atom stereocenters. The minimum Gasteiger partial charge on any atom is -0.497 e. The van der Waals surface area contributed by atoms with Crippen LogP contribution >= 0.6 is 0 Å². The number of ether oxygens (including phenoxy) is 4. The van der Waals surface area contributed by atoms with Crippen LogP contribution < -0.4 is 18.9 Å². The van der Waals surface area contributed by atoms with Gasteiger partial charge in [0.15, 0.2) is 5.78 Å². The van der Waals surface area contributed by atoms with E-state index in [4.69, 9.17) is 18.9 Å². The Balaban J connectivity index is 2.35. The first-order valence-electron chi connectivity index (χ1n) is 6.71. The SMILES string of the molecule is COc1cc(OC)c2c(c1)C(=O)c1cc(OC)cc(OC)c1-2. The molecule has 5 heteroatoms. The first-order chi connectivity index (χ1) is 10.6. The molecule has 114 valence electrons. The average molecular weight is 300 g/mol. The molecular weight excluding hydrogens is 284 g/mol. The molecule has 0 spiro atoms. The maximum Gasteiger partial charge on any atom is 0.194 e. The number of hydrogen-bond donors (Lipinski definition) is 0. The van der Waals surface area contributed by atoms with Crippen molar-refractivity contribution in [3.8, 4) is 34.1 Å². The highest BCUT2D eigenvalue weighted by atomic mass is 16.5. The van der Waals surface area contributed by atoms with Gasteiger partial charge in [0.1, 0.15) is 23.0 Å². The molecule has 2 aromatic carbocycles. The van der Waals surface area contributed by atoms with Gasteiger partial charge in [-0.1, -0.05) is 0 Å². The van der Waals surface area contributed by atoms with Crippen LogP contribution in [0.4, 0.5) is 0 Å². The van der Waals surface area contributed by atoms with E-state index in [0.717, 1.165) is 11.1 Å². The summed E-state index contributed by atoms with van der Waals surface area (Å²) in [6, 6.07) is 6.94. The van der Waals surface area contributed by atoms with Crippen molar-refractivity contribution in [1.29, 1.82) is 0 Å². The average Bonchev–Trinajstić information content (AvgIpc) is 2.86. The number of hydrogen-bond acceptors (Lipinski definition) is 5. The summed E-state index contributed by atoms with van der Waals surface area (Å²) in [7, 11) is 6.23. The summed E-state index contributed by atoms with van der Waals surface area (Å²) in [6.45, 7) is 0. The molecule has 0 saturated heterocycles. The van der Waals surface area contributed by atoms with E-state index in [1.807, 2.05) is 0 Å². The van der Waals surface area contributed by atoms with Gasteiger partial charge in [0.05, 0.1) is 28.4 Å². The lowest BCUT2D eigenvalue weighted by Gasteiger charge is -2.13. The molecule has 3 rings (SSSR count). The number of fused-ring (bicyclic) bond motifs is 3. The Morgan fingerprint density at radius 1 is 0.636 bits per heavy atom. The second-order valence-corrected chi connectivity index (χ2v) is 4.83. The van der Waals surface area contributed by atoms with Crippen LogP contribution in [0, 0.1) is 0 Å². The van der Waals surface area contributed by atoms with E-state index in [0.29, 0.717) is 34.1 Å². The van der Waals surface area contributed by atoms with Gasteiger partial charge in [-0.05, 0) is 12.1 Å². The number of benzene rings is 2. The molecule has 1 aliphatic carbocycles. The Bertz CT molecular complexity index is 701. The lowest BCUT2D eigenvalue weighted by molar-refractivity contribution is 0.104. The summed E-state index contributed by atoms with van der Waals surface area (Å²) in [5.74, 6) is 2.19. The van der Waals surface area contributed by atoms with E-state index >= 15 is 0 Å². The fourth-order valence-corrected chi connectivity index (χ4v) is 2.76. The van der Waals surface area contributed by atoms with E-state index in [2.05, 4.69) is 0 Å². The molecule has 2 aromatic rings. The number of methoxy groups -OCH3 is 4. The van der Waals surface area contributed by atoms with Gasteiger partial charge < -0.3 is 18.9 Å². The summed E-state index contributed by atoms with van der Waals surface area (Å²) in [6.07, 6.45) is 0. The van der Waals surface area contributed by atoms with Crippen molar-refractivity contribution in [3.63, 3.8) is 0 Å². The minimum absolute atomic E-state index is 0.0978. The zero-order valence-corrected chi connectivity index (χ0v) is 12.9. The third-order valence-electron chi connectivity index (χ3n) is 3.80. The summed E-state index contributed by atoms with van der Waals surface area (Å²) in [5.41, 5.74) is 2.53. The van der Waals surface area contributed by atoms with E-state index in [1.165, 1.54) is 0 Å². The van der Waals surface area contributed by atoms with Gasteiger partial charge in [0, 0.05) is 34.4 Å². The van der Waals surface area contributed by atoms with Crippen molar-refractivity contribution >= 4 is 5.78 Å². The molecule has 0 atom stereocenters. The summed E-state index contributed by atoms with van der Waals surface area (Å²) >= 11 is 0. The third kappa shape index (κ3) is 1.89. The molecule has 0 saturated carbocycles. The first kappa shape index (κ1) is 14.3. The Morgan fingerprint density at radius 3 is 1.36 bits per heavy atom. The number of carbonyl (C=O) groups excluding carboxylic acids is 1. The zero-order valence-electron chi connectivity index (χ0n) is 12.9. The molecule has 22 heavy (non-hydrogen) atoms. The van der Waals surface area contributed by atoms with Gasteiger partial charge in [-0.25, -0.2) is 0 Å². The van der Waals surface area contributed by atoms with Gasteiger partial charge in [0.25, 0.3) is 0 Å². The predicted molar refractivity (Wildman–Crippen MR) is 81.5 cm³/mol. The maximum absolute atomic E-state index is 12.7. The van der Waals surface area contributed by atoms with Crippen LogP contribution in [-0.2, 0) is 0 Å². The van der Waals surface area contributed by atoms with E-state index < -0.39 is 0 Å². The standard InChI is InChI=1S/C17H16O5/c1-19-9-5-11-15(13(7-9)21-3)16-12(17(11)18)6-10(20-2)8-14(16)22-4/h5-8H,1-4H3. The van der Waals surface area contributed by atoms with Crippen molar-refractivity contribution in [2.45, 2.75) is 0 Å². The smallest absolute Gasteiger partial charge is 0.194 e. The molecule has 0 bridgehead atoms. The van der Waals surface area contributed by atoms with Gasteiger partial charge in [-0.15, -0.1) is 0 Å². The van der Waals surface area contributed by atoms with Crippen LogP contribution in [0.3, 0.4) is 0 Å². The number of ketones is 1. The molecule has 0 aromatic heterocycles. The van der Waals surface area contributed by atoms with Crippen LogP contribution in [-0.4, -0.2) is 34.2 Å². The molecular formula is C17H16O5. The number of rotatable bonds is 4. The monoisotopic (exact) mass is 300 g/mol. The molecule has 0 amide bonds. The second kappa shape index (κ2) is 5.26. The fraction of sp³-hybridized carbons (Fsp3) is 0.235. The van der Waals surface area contributed by atoms with Crippen LogP contribution in [0.5, 0.6) is 23.0 Å². The van der Waals surface area contributed by atoms with Gasteiger partial charge in [-0.3, -0.25) is 4.79 Å². The van der Waals surface area contributed by atoms with Crippen LogP contribution in [0.25, 0.3) is 11.1 Å². The van der Waals surface area contributed by atoms with Crippen molar-refractivity contribution in [1.82, 2.24) is 0 Å². The lowest BCUT2D eigenvalue weighted by Crippen LogP contribution is -1.97. The first-order valence-corrected chi connectivity index (χ1v) is 6.71. The Hall–Kier alpha value is -2.69. The molecule has 0 fully saturated rings. The normalized spacial score (nSPS) is 11.7. The van der Waals surface area contributed by atoms with Crippen LogP contribution in [0.2, 0.25) is 0 Å². The summed E-state index contributed by atoms with van der Waals surface area (Å²) in [5, 5.41) is 0. The quantitative estimate of drug-likeness (QED) is 0.741. The Labute approximate surface area is 128 Å². The van der Waals surface area contributed by atoms with E-state index in [1.54, 1.807) is 52.7 Å². The second-order valence-electron chi connectivity index (χ2n) is 4.83. The van der Waals surface area contributed by atoms with Crippen LogP contribution in [0.15, 0.2) is 24.3 Å². The van der Waals surface area contributed by atoms with Gasteiger partial charge in [0.2, 0.25) is 0 Å². The highest BCUT2D eigenvalue weighted by Crippen LogP contribution is 2.50. The fourth-order valence-electron chi connectivity index (χ4n) is 2.76. The van der Waals surface area contributed by atoms with Crippen molar-refractivity contribution in [2.24, 2.45) is 0 Å². The molecule has 0 N–H and O–H groups in total.